The molecule has 0 saturated heterocycles. The molecule has 0 heterocycles. The summed E-state index contributed by atoms with van der Waals surface area (Å²) < 4.78 is 34.7. The molecule has 0 bridgehead atoms. The summed E-state index contributed by atoms with van der Waals surface area (Å²) in [4.78, 5) is 0. The summed E-state index contributed by atoms with van der Waals surface area (Å²) in [5, 5.41) is 3.00. The monoisotopic (exact) mass is 227 g/mol. The summed E-state index contributed by atoms with van der Waals surface area (Å²) in [6.07, 6.45) is 1.80. The standard InChI is InChI=1S/C6H13NO.CH4O4S/c1-3-5-7-6-8-4-2;1-5-6(2,3)4/h3,7H,1,4-6H2,2H3;1H3,(H,2,3,4). The molecule has 86 valence electrons. The van der Waals surface area contributed by atoms with Crippen molar-refractivity contribution in [1.29, 1.82) is 0 Å². The SMILES string of the molecule is C=CCNCOCC.COS(=O)(=O)O. The van der Waals surface area contributed by atoms with E-state index in [1.165, 1.54) is 0 Å². The molecule has 0 spiro atoms. The van der Waals surface area contributed by atoms with Gasteiger partial charge in [0.15, 0.2) is 0 Å². The Kier molecular flexibility index (Phi) is 12.1. The molecule has 0 fully saturated rings. The quantitative estimate of drug-likeness (QED) is 0.292. The van der Waals surface area contributed by atoms with E-state index in [9.17, 15) is 8.42 Å². The van der Waals surface area contributed by atoms with Gasteiger partial charge in [0, 0.05) is 13.2 Å². The van der Waals surface area contributed by atoms with Crippen LogP contribution in [0, 0.1) is 0 Å². The van der Waals surface area contributed by atoms with Crippen molar-refractivity contribution in [2.75, 3.05) is 27.0 Å². The highest BCUT2D eigenvalue weighted by Crippen LogP contribution is 1.74. The third-order valence-electron chi connectivity index (χ3n) is 0.908. The Hall–Kier alpha value is -0.470. The zero-order valence-corrected chi connectivity index (χ0v) is 9.21. The van der Waals surface area contributed by atoms with Crippen LogP contribution in [0.3, 0.4) is 0 Å². The van der Waals surface area contributed by atoms with Crippen molar-refractivity contribution in [3.8, 4) is 0 Å². The molecule has 6 nitrogen and oxygen atoms in total. The smallest absolute Gasteiger partial charge is 0.367 e. The highest BCUT2D eigenvalue weighted by atomic mass is 32.3. The second-order valence-corrected chi connectivity index (χ2v) is 3.16. The van der Waals surface area contributed by atoms with Crippen molar-refractivity contribution in [2.45, 2.75) is 6.92 Å². The van der Waals surface area contributed by atoms with Crippen molar-refractivity contribution in [1.82, 2.24) is 5.32 Å². The molecule has 0 aliphatic heterocycles. The van der Waals surface area contributed by atoms with Crippen molar-refractivity contribution >= 4 is 10.4 Å². The van der Waals surface area contributed by atoms with Crippen molar-refractivity contribution in [3.05, 3.63) is 12.7 Å². The van der Waals surface area contributed by atoms with Crippen molar-refractivity contribution in [3.63, 3.8) is 0 Å². The van der Waals surface area contributed by atoms with Crippen LogP contribution in [-0.2, 0) is 19.3 Å². The molecule has 0 rings (SSSR count). The average Bonchev–Trinajstić information content (AvgIpc) is 2.13. The molecule has 0 aliphatic carbocycles. The predicted octanol–water partition coefficient (Wildman–Crippen LogP) is 0.192. The Labute approximate surface area is 84.9 Å². The van der Waals surface area contributed by atoms with Crippen LogP contribution in [0.1, 0.15) is 6.92 Å². The fourth-order valence-corrected chi connectivity index (χ4v) is 0.335. The minimum atomic E-state index is -4.16. The Morgan fingerprint density at radius 1 is 1.57 bits per heavy atom. The van der Waals surface area contributed by atoms with Crippen LogP contribution in [0.15, 0.2) is 12.7 Å². The lowest BCUT2D eigenvalue weighted by atomic mass is 10.6. The molecule has 0 radical (unpaired) electrons. The Morgan fingerprint density at radius 3 is 2.36 bits per heavy atom. The number of hydrogen-bond acceptors (Lipinski definition) is 5. The van der Waals surface area contributed by atoms with Gasteiger partial charge in [-0.2, -0.15) is 8.42 Å². The van der Waals surface area contributed by atoms with E-state index in [0.29, 0.717) is 6.73 Å². The maximum atomic E-state index is 9.33. The van der Waals surface area contributed by atoms with E-state index in [4.69, 9.17) is 9.29 Å². The summed E-state index contributed by atoms with van der Waals surface area (Å²) in [5.41, 5.74) is 0. The van der Waals surface area contributed by atoms with Gasteiger partial charge in [0.25, 0.3) is 0 Å². The summed E-state index contributed by atoms with van der Waals surface area (Å²) in [6.45, 7) is 7.72. The lowest BCUT2D eigenvalue weighted by molar-refractivity contribution is 0.131. The average molecular weight is 227 g/mol. The first-order valence-corrected chi connectivity index (χ1v) is 5.26. The van der Waals surface area contributed by atoms with Gasteiger partial charge in [-0.15, -0.1) is 6.58 Å². The predicted molar refractivity (Wildman–Crippen MR) is 53.3 cm³/mol. The zero-order valence-electron chi connectivity index (χ0n) is 8.39. The number of rotatable bonds is 6. The molecule has 14 heavy (non-hydrogen) atoms. The van der Waals surface area contributed by atoms with Crippen LogP contribution in [-0.4, -0.2) is 40.0 Å². The van der Waals surface area contributed by atoms with E-state index in [1.54, 1.807) is 6.08 Å². The minimum Gasteiger partial charge on any atom is -0.367 e. The Balaban J connectivity index is 0. The van der Waals surface area contributed by atoms with E-state index < -0.39 is 10.4 Å². The van der Waals surface area contributed by atoms with E-state index in [1.807, 2.05) is 6.92 Å². The molecule has 2 N–H and O–H groups in total. The van der Waals surface area contributed by atoms with Gasteiger partial charge in [0.05, 0.1) is 13.8 Å². The lowest BCUT2D eigenvalue weighted by Gasteiger charge is -1.98. The maximum absolute atomic E-state index is 9.33. The maximum Gasteiger partial charge on any atom is 0.397 e. The fraction of sp³-hybridized carbons (Fsp3) is 0.714. The topological polar surface area (TPSA) is 84.9 Å². The second-order valence-electron chi connectivity index (χ2n) is 1.97. The van der Waals surface area contributed by atoms with Gasteiger partial charge in [0.1, 0.15) is 0 Å². The first kappa shape index (κ1) is 16.0. The van der Waals surface area contributed by atoms with Crippen LogP contribution < -0.4 is 5.32 Å². The van der Waals surface area contributed by atoms with Gasteiger partial charge in [-0.3, -0.25) is 14.1 Å². The van der Waals surface area contributed by atoms with E-state index in [-0.39, 0.29) is 0 Å². The lowest BCUT2D eigenvalue weighted by Crippen LogP contribution is -2.17. The molecule has 0 aromatic heterocycles. The Bertz CT molecular complexity index is 214. The van der Waals surface area contributed by atoms with Crippen molar-refractivity contribution < 1.29 is 21.9 Å². The zero-order chi connectivity index (χ0) is 11.4. The van der Waals surface area contributed by atoms with E-state index in [2.05, 4.69) is 16.1 Å². The number of nitrogens with one attached hydrogen (secondary N) is 1. The molecule has 7 heteroatoms. The van der Waals surface area contributed by atoms with Crippen LogP contribution >= 0.6 is 0 Å². The molecule has 0 saturated carbocycles. The summed E-state index contributed by atoms with van der Waals surface area (Å²) in [5.74, 6) is 0. The molecule has 0 amide bonds. The van der Waals surface area contributed by atoms with Gasteiger partial charge in [0.2, 0.25) is 0 Å². The van der Waals surface area contributed by atoms with Crippen molar-refractivity contribution in [2.24, 2.45) is 0 Å². The largest absolute Gasteiger partial charge is 0.397 e. The summed E-state index contributed by atoms with van der Waals surface area (Å²) in [6, 6.07) is 0. The van der Waals surface area contributed by atoms with Crippen LogP contribution in [0.5, 0.6) is 0 Å². The van der Waals surface area contributed by atoms with Gasteiger partial charge in [-0.25, -0.2) is 0 Å². The first-order valence-electron chi connectivity index (χ1n) is 3.90. The number of ether oxygens (including phenoxy) is 1. The molecule has 0 unspecified atom stereocenters. The molecular formula is C7H17NO5S. The Morgan fingerprint density at radius 2 is 2.07 bits per heavy atom. The third kappa shape index (κ3) is 22.5. The van der Waals surface area contributed by atoms with Gasteiger partial charge in [-0.1, -0.05) is 6.08 Å². The molecular weight excluding hydrogens is 210 g/mol. The molecule has 0 aliphatic rings. The summed E-state index contributed by atoms with van der Waals surface area (Å²) in [7, 11) is -3.29. The normalized spacial score (nSPS) is 10.2. The van der Waals surface area contributed by atoms with Crippen LogP contribution in [0.25, 0.3) is 0 Å². The summed E-state index contributed by atoms with van der Waals surface area (Å²) >= 11 is 0. The van der Waals surface area contributed by atoms with E-state index >= 15 is 0 Å². The van der Waals surface area contributed by atoms with Crippen LogP contribution in [0.4, 0.5) is 0 Å². The molecule has 0 aromatic rings. The highest BCUT2D eigenvalue weighted by Gasteiger charge is 1.94. The van der Waals surface area contributed by atoms with Crippen LogP contribution in [0.2, 0.25) is 0 Å². The number of hydrogen-bond donors (Lipinski definition) is 2. The molecule has 0 aromatic carbocycles. The van der Waals surface area contributed by atoms with Gasteiger partial charge >= 0.3 is 10.4 Å². The molecule has 0 atom stereocenters. The van der Waals surface area contributed by atoms with E-state index in [0.717, 1.165) is 20.3 Å². The van der Waals surface area contributed by atoms with Gasteiger partial charge in [-0.05, 0) is 6.92 Å². The fourth-order valence-electron chi connectivity index (χ4n) is 0.335. The second kappa shape index (κ2) is 10.6. The highest BCUT2D eigenvalue weighted by molar-refractivity contribution is 7.80. The van der Waals surface area contributed by atoms with Gasteiger partial charge < -0.3 is 4.74 Å². The first-order chi connectivity index (χ1) is 6.47. The minimum absolute atomic E-state index is 0.628. The third-order valence-corrected chi connectivity index (χ3v) is 1.33.